The van der Waals surface area contributed by atoms with Crippen molar-refractivity contribution in [3.05, 3.63) is 54.1 Å². The number of nitrogens with one attached hydrogen (secondary N) is 2. The quantitative estimate of drug-likeness (QED) is 0.582. The molecule has 2 aromatic carbocycles. The van der Waals surface area contributed by atoms with Crippen LogP contribution in [0.1, 0.15) is 12.2 Å². The Morgan fingerprint density at radius 3 is 2.55 bits per heavy atom. The first-order valence-electron chi connectivity index (χ1n) is 10.3. The number of methoxy groups -OCH3 is 2. The molecule has 2 atom stereocenters. The largest absolute Gasteiger partial charge is 0.497 e. The number of H-pyrrole nitrogens is 1. The fourth-order valence-electron chi connectivity index (χ4n) is 4.70. The van der Waals surface area contributed by atoms with E-state index in [1.54, 1.807) is 14.2 Å². The van der Waals surface area contributed by atoms with Gasteiger partial charge in [0.1, 0.15) is 34.8 Å². The number of benzene rings is 2. The van der Waals surface area contributed by atoms with E-state index in [4.69, 9.17) is 19.2 Å². The normalized spacial score (nSPS) is 23.2. The van der Waals surface area contributed by atoms with E-state index in [9.17, 15) is 5.11 Å². The lowest BCUT2D eigenvalue weighted by atomic mass is 9.88. The van der Waals surface area contributed by atoms with Gasteiger partial charge in [-0.2, -0.15) is 0 Å². The molecule has 2 aliphatic rings. The molecule has 3 heterocycles. The first-order chi connectivity index (χ1) is 15.1. The molecule has 3 N–H and O–H groups in total. The predicted octanol–water partition coefficient (Wildman–Crippen LogP) is 2.51. The average Bonchev–Trinajstić information content (AvgIpc) is 3.50. The number of nitrogens with zero attached hydrogens (tertiary/aromatic N) is 2. The third-order valence-electron chi connectivity index (χ3n) is 6.21. The number of aromatic amines is 1. The second-order valence-electron chi connectivity index (χ2n) is 7.83. The van der Waals surface area contributed by atoms with Crippen LogP contribution in [0.5, 0.6) is 11.5 Å². The molecule has 1 fully saturated rings. The summed E-state index contributed by atoms with van der Waals surface area (Å²) in [6.45, 7) is 0.960. The van der Waals surface area contributed by atoms with E-state index in [1.807, 2.05) is 49.5 Å². The van der Waals surface area contributed by atoms with Gasteiger partial charge >= 0.3 is 0 Å². The number of fused-ring (bicyclic) bond motifs is 1. The minimum absolute atomic E-state index is 0.391. The third kappa shape index (κ3) is 2.94. The SMILES string of the molecule is CNC1=C(c2nc3ccccc3[nH]2)C(O)[C@@]2(CCOC2)N1c1cc(OC)cc(OC)c1. The zero-order valence-electron chi connectivity index (χ0n) is 17.8. The minimum Gasteiger partial charge on any atom is -0.497 e. The zero-order valence-corrected chi connectivity index (χ0v) is 17.8. The van der Waals surface area contributed by atoms with Crippen LogP contribution in [0.3, 0.4) is 0 Å². The molecule has 1 unspecified atom stereocenters. The molecule has 0 bridgehead atoms. The van der Waals surface area contributed by atoms with Gasteiger partial charge in [0.25, 0.3) is 0 Å². The molecule has 8 nitrogen and oxygen atoms in total. The van der Waals surface area contributed by atoms with Gasteiger partial charge in [-0.15, -0.1) is 0 Å². The summed E-state index contributed by atoms with van der Waals surface area (Å²) in [5.74, 6) is 2.75. The molecular formula is C23H26N4O4. The predicted molar refractivity (Wildman–Crippen MR) is 118 cm³/mol. The van der Waals surface area contributed by atoms with Crippen molar-refractivity contribution in [3.8, 4) is 11.5 Å². The van der Waals surface area contributed by atoms with Gasteiger partial charge in [-0.05, 0) is 18.6 Å². The van der Waals surface area contributed by atoms with Crippen LogP contribution in [-0.4, -0.2) is 61.2 Å². The zero-order chi connectivity index (χ0) is 21.6. The molecule has 8 heteroatoms. The van der Waals surface area contributed by atoms with Crippen LogP contribution in [0, 0.1) is 0 Å². The molecule has 0 aliphatic carbocycles. The monoisotopic (exact) mass is 422 g/mol. The van der Waals surface area contributed by atoms with Crippen molar-refractivity contribution in [2.45, 2.75) is 18.1 Å². The number of ether oxygens (including phenoxy) is 3. The Morgan fingerprint density at radius 1 is 1.19 bits per heavy atom. The molecule has 3 aromatic rings. The van der Waals surface area contributed by atoms with E-state index >= 15 is 0 Å². The van der Waals surface area contributed by atoms with E-state index in [0.717, 1.165) is 22.5 Å². The summed E-state index contributed by atoms with van der Waals surface area (Å²) >= 11 is 0. The fraction of sp³-hybridized carbons (Fsp3) is 0.348. The minimum atomic E-state index is -0.810. The van der Waals surface area contributed by atoms with Crippen LogP contribution in [0.2, 0.25) is 0 Å². The van der Waals surface area contributed by atoms with Gasteiger partial charge in [0.2, 0.25) is 0 Å². The van der Waals surface area contributed by atoms with Gasteiger partial charge in [-0.3, -0.25) is 0 Å². The molecule has 31 heavy (non-hydrogen) atoms. The third-order valence-corrected chi connectivity index (χ3v) is 6.21. The van der Waals surface area contributed by atoms with Gasteiger partial charge in [0.15, 0.2) is 0 Å². The number of aliphatic hydroxyl groups is 1. The van der Waals surface area contributed by atoms with Crippen LogP contribution < -0.4 is 19.7 Å². The summed E-state index contributed by atoms with van der Waals surface area (Å²) in [6.07, 6.45) is -0.141. The fourth-order valence-corrected chi connectivity index (χ4v) is 4.70. The summed E-state index contributed by atoms with van der Waals surface area (Å²) in [4.78, 5) is 10.2. The molecule has 1 aromatic heterocycles. The number of anilines is 1. The van der Waals surface area contributed by atoms with Crippen molar-refractivity contribution in [2.75, 3.05) is 39.4 Å². The van der Waals surface area contributed by atoms with E-state index in [-0.39, 0.29) is 0 Å². The second kappa shape index (κ2) is 7.47. The number of hydrogen-bond donors (Lipinski definition) is 3. The Morgan fingerprint density at radius 2 is 1.94 bits per heavy atom. The van der Waals surface area contributed by atoms with Gasteiger partial charge in [0, 0.05) is 31.9 Å². The topological polar surface area (TPSA) is 91.9 Å². The highest BCUT2D eigenvalue weighted by Crippen LogP contribution is 2.48. The summed E-state index contributed by atoms with van der Waals surface area (Å²) in [7, 11) is 5.10. The molecular weight excluding hydrogens is 396 g/mol. The van der Waals surface area contributed by atoms with Crippen molar-refractivity contribution in [1.29, 1.82) is 0 Å². The summed E-state index contributed by atoms with van der Waals surface area (Å²) < 4.78 is 16.8. The first kappa shape index (κ1) is 19.7. The number of hydrogen-bond acceptors (Lipinski definition) is 7. The standard InChI is InChI=1S/C23H26N4O4/c1-24-22-19(21-25-17-6-4-5-7-18(17)26-21)20(28)23(8-9-31-13-23)27(22)14-10-15(29-2)12-16(11-14)30-3/h4-7,10-12,20,24,28H,8-9,13H2,1-3H3,(H,25,26)/t20?,23-/m0/s1. The number of imidazole rings is 1. The Labute approximate surface area is 180 Å². The lowest BCUT2D eigenvalue weighted by molar-refractivity contribution is 0.114. The lowest BCUT2D eigenvalue weighted by Gasteiger charge is -2.39. The molecule has 0 amide bonds. The van der Waals surface area contributed by atoms with Gasteiger partial charge < -0.3 is 34.5 Å². The second-order valence-corrected chi connectivity index (χ2v) is 7.83. The van der Waals surface area contributed by atoms with Crippen LogP contribution in [-0.2, 0) is 4.74 Å². The molecule has 2 aliphatic heterocycles. The van der Waals surface area contributed by atoms with Crippen molar-refractivity contribution < 1.29 is 19.3 Å². The van der Waals surface area contributed by atoms with Crippen molar-refractivity contribution in [2.24, 2.45) is 0 Å². The Hall–Kier alpha value is -3.23. The number of aliphatic hydroxyl groups excluding tert-OH is 1. The summed E-state index contributed by atoms with van der Waals surface area (Å²) in [5, 5.41) is 15.0. The van der Waals surface area contributed by atoms with Gasteiger partial charge in [0.05, 0.1) is 43.1 Å². The number of para-hydroxylation sites is 2. The highest BCUT2D eigenvalue weighted by molar-refractivity contribution is 5.85. The molecule has 1 spiro atoms. The van der Waals surface area contributed by atoms with Crippen molar-refractivity contribution >= 4 is 22.3 Å². The number of aromatic nitrogens is 2. The van der Waals surface area contributed by atoms with Gasteiger partial charge in [-0.1, -0.05) is 12.1 Å². The van der Waals surface area contributed by atoms with Gasteiger partial charge in [-0.25, -0.2) is 4.98 Å². The highest BCUT2D eigenvalue weighted by Gasteiger charge is 2.56. The van der Waals surface area contributed by atoms with Crippen LogP contribution in [0.15, 0.2) is 48.3 Å². The molecule has 0 saturated carbocycles. The first-order valence-corrected chi connectivity index (χ1v) is 10.3. The maximum absolute atomic E-state index is 11.7. The number of rotatable bonds is 5. The smallest absolute Gasteiger partial charge is 0.140 e. The lowest BCUT2D eigenvalue weighted by Crippen LogP contribution is -2.53. The maximum Gasteiger partial charge on any atom is 0.140 e. The van der Waals surface area contributed by atoms with E-state index in [1.165, 1.54) is 0 Å². The van der Waals surface area contributed by atoms with Crippen LogP contribution in [0.4, 0.5) is 5.69 Å². The van der Waals surface area contributed by atoms with Crippen LogP contribution in [0.25, 0.3) is 16.6 Å². The Kier molecular flexibility index (Phi) is 4.75. The Balaban J connectivity index is 1.73. The van der Waals surface area contributed by atoms with E-state index in [0.29, 0.717) is 42.5 Å². The summed E-state index contributed by atoms with van der Waals surface area (Å²) in [5.41, 5.74) is 2.67. The summed E-state index contributed by atoms with van der Waals surface area (Å²) in [6, 6.07) is 13.6. The molecule has 0 radical (unpaired) electrons. The molecule has 5 rings (SSSR count). The van der Waals surface area contributed by atoms with E-state index < -0.39 is 11.6 Å². The van der Waals surface area contributed by atoms with Crippen molar-refractivity contribution in [3.63, 3.8) is 0 Å². The highest BCUT2D eigenvalue weighted by atomic mass is 16.5. The van der Waals surface area contributed by atoms with Crippen LogP contribution >= 0.6 is 0 Å². The molecule has 162 valence electrons. The Bertz CT molecular complexity index is 1090. The molecule has 1 saturated heterocycles. The average molecular weight is 422 g/mol. The van der Waals surface area contributed by atoms with Crippen molar-refractivity contribution in [1.82, 2.24) is 15.3 Å². The maximum atomic E-state index is 11.7. The van der Waals surface area contributed by atoms with E-state index in [2.05, 4.69) is 15.2 Å².